The van der Waals surface area contributed by atoms with Gasteiger partial charge in [-0.3, -0.25) is 9.98 Å². The minimum atomic E-state index is 0.202. The molecule has 0 N–H and O–H groups in total. The summed E-state index contributed by atoms with van der Waals surface area (Å²) in [5, 5.41) is 0. The maximum atomic E-state index is 5.03. The molecule has 0 saturated heterocycles. The van der Waals surface area contributed by atoms with Crippen LogP contribution in [0.5, 0.6) is 0 Å². The first-order valence-corrected chi connectivity index (χ1v) is 9.95. The zero-order valence-electron chi connectivity index (χ0n) is 14.3. The van der Waals surface area contributed by atoms with Crippen LogP contribution in [0.4, 0.5) is 0 Å². The molecule has 0 unspecified atom stereocenters. The molecule has 0 heterocycles. The van der Waals surface area contributed by atoms with E-state index in [0.29, 0.717) is 12.1 Å². The van der Waals surface area contributed by atoms with Crippen molar-refractivity contribution >= 4 is 12.4 Å². The second-order valence-electron chi connectivity index (χ2n) is 7.93. The third kappa shape index (κ3) is 4.67. The van der Waals surface area contributed by atoms with Gasteiger partial charge >= 0.3 is 0 Å². The van der Waals surface area contributed by atoms with Gasteiger partial charge < -0.3 is 0 Å². The molecule has 2 heteroatoms. The SMILES string of the molecule is C(=NC1CCCCC1)C1(C=NC2CCCCC2)CCCCC1. The van der Waals surface area contributed by atoms with E-state index >= 15 is 0 Å². The van der Waals surface area contributed by atoms with Gasteiger partial charge in [0.2, 0.25) is 0 Å². The summed E-state index contributed by atoms with van der Waals surface area (Å²) in [6, 6.07) is 1.21. The Hall–Kier alpha value is -0.660. The van der Waals surface area contributed by atoms with Gasteiger partial charge in [0.1, 0.15) is 0 Å². The van der Waals surface area contributed by atoms with Crippen LogP contribution in [0.15, 0.2) is 9.98 Å². The van der Waals surface area contributed by atoms with Gasteiger partial charge in [0, 0.05) is 29.9 Å². The molecule has 22 heavy (non-hydrogen) atoms. The average molecular weight is 303 g/mol. The smallest absolute Gasteiger partial charge is 0.0496 e. The average Bonchev–Trinajstić information content (AvgIpc) is 2.61. The van der Waals surface area contributed by atoms with Crippen molar-refractivity contribution in [1.29, 1.82) is 0 Å². The summed E-state index contributed by atoms with van der Waals surface area (Å²) in [5.74, 6) is 0. The molecular formula is C20H34N2. The van der Waals surface area contributed by atoms with Gasteiger partial charge in [-0.1, -0.05) is 57.8 Å². The zero-order valence-corrected chi connectivity index (χ0v) is 14.3. The molecule has 3 aliphatic carbocycles. The normalized spacial score (nSPS) is 28.5. The third-order valence-corrected chi connectivity index (χ3v) is 6.02. The summed E-state index contributed by atoms with van der Waals surface area (Å²) >= 11 is 0. The number of hydrogen-bond donors (Lipinski definition) is 0. The van der Waals surface area contributed by atoms with Crippen molar-refractivity contribution in [3.63, 3.8) is 0 Å². The van der Waals surface area contributed by atoms with Crippen LogP contribution in [0.25, 0.3) is 0 Å². The number of nitrogens with zero attached hydrogens (tertiary/aromatic N) is 2. The van der Waals surface area contributed by atoms with Crippen LogP contribution in [-0.4, -0.2) is 24.5 Å². The van der Waals surface area contributed by atoms with Gasteiger partial charge in [0.05, 0.1) is 0 Å². The predicted octanol–water partition coefficient (Wildman–Crippen LogP) is 5.74. The van der Waals surface area contributed by atoms with E-state index in [9.17, 15) is 0 Å². The molecule has 0 atom stereocenters. The molecule has 2 nitrogen and oxygen atoms in total. The molecule has 3 rings (SSSR count). The Kier molecular flexibility index (Phi) is 6.09. The van der Waals surface area contributed by atoms with Gasteiger partial charge in [-0.15, -0.1) is 0 Å². The summed E-state index contributed by atoms with van der Waals surface area (Å²) in [6.07, 6.45) is 24.9. The minimum absolute atomic E-state index is 0.202. The Bertz CT molecular complexity index is 337. The first-order valence-electron chi connectivity index (χ1n) is 9.95. The van der Waals surface area contributed by atoms with Crippen LogP contribution in [0.3, 0.4) is 0 Å². The summed E-state index contributed by atoms with van der Waals surface area (Å²) in [6.45, 7) is 0. The van der Waals surface area contributed by atoms with E-state index in [-0.39, 0.29) is 5.41 Å². The molecule has 0 amide bonds. The Morgan fingerprint density at radius 3 is 1.41 bits per heavy atom. The van der Waals surface area contributed by atoms with Crippen molar-refractivity contribution in [2.45, 2.75) is 108 Å². The van der Waals surface area contributed by atoms with Gasteiger partial charge in [-0.2, -0.15) is 0 Å². The topological polar surface area (TPSA) is 24.7 Å². The highest BCUT2D eigenvalue weighted by molar-refractivity contribution is 5.89. The van der Waals surface area contributed by atoms with Crippen LogP contribution < -0.4 is 0 Å². The lowest BCUT2D eigenvalue weighted by Crippen LogP contribution is -2.29. The number of aliphatic imine (C=N–C) groups is 2. The van der Waals surface area contributed by atoms with Crippen LogP contribution in [-0.2, 0) is 0 Å². The number of rotatable bonds is 4. The molecule has 0 aromatic rings. The summed E-state index contributed by atoms with van der Waals surface area (Å²) in [4.78, 5) is 10.1. The van der Waals surface area contributed by atoms with Crippen molar-refractivity contribution in [3.8, 4) is 0 Å². The Balaban J connectivity index is 1.64. The molecule has 3 fully saturated rings. The summed E-state index contributed by atoms with van der Waals surface area (Å²) in [5.41, 5.74) is 0.202. The fourth-order valence-corrected chi connectivity index (χ4v) is 4.47. The van der Waals surface area contributed by atoms with Gasteiger partial charge in [-0.05, 0) is 38.5 Å². The number of hydrogen-bond acceptors (Lipinski definition) is 2. The van der Waals surface area contributed by atoms with Crippen LogP contribution >= 0.6 is 0 Å². The summed E-state index contributed by atoms with van der Waals surface area (Å²) < 4.78 is 0. The maximum Gasteiger partial charge on any atom is 0.0496 e. The van der Waals surface area contributed by atoms with E-state index in [1.54, 1.807) is 0 Å². The molecule has 3 aliphatic rings. The van der Waals surface area contributed by atoms with Gasteiger partial charge in [-0.25, -0.2) is 0 Å². The Labute approximate surface area is 136 Å². The Morgan fingerprint density at radius 2 is 0.955 bits per heavy atom. The first kappa shape index (κ1) is 16.2. The zero-order chi connectivity index (χ0) is 15.1. The molecule has 0 aromatic carbocycles. The van der Waals surface area contributed by atoms with Crippen molar-refractivity contribution in [2.75, 3.05) is 0 Å². The third-order valence-electron chi connectivity index (χ3n) is 6.02. The highest BCUT2D eigenvalue weighted by Crippen LogP contribution is 2.34. The molecule has 0 aromatic heterocycles. The minimum Gasteiger partial charge on any atom is -0.293 e. The second-order valence-corrected chi connectivity index (χ2v) is 7.93. The van der Waals surface area contributed by atoms with E-state index in [0.717, 1.165) is 0 Å². The van der Waals surface area contributed by atoms with E-state index in [1.165, 1.54) is 96.3 Å². The van der Waals surface area contributed by atoms with Gasteiger partial charge in [0.25, 0.3) is 0 Å². The fourth-order valence-electron chi connectivity index (χ4n) is 4.47. The lowest BCUT2D eigenvalue weighted by molar-refractivity contribution is 0.377. The molecule has 0 aliphatic heterocycles. The molecule has 3 saturated carbocycles. The highest BCUT2D eigenvalue weighted by Gasteiger charge is 2.29. The monoisotopic (exact) mass is 302 g/mol. The van der Waals surface area contributed by atoms with Crippen molar-refractivity contribution in [2.24, 2.45) is 15.4 Å². The van der Waals surface area contributed by atoms with Crippen LogP contribution in [0.1, 0.15) is 96.3 Å². The second kappa shape index (κ2) is 8.26. The quantitative estimate of drug-likeness (QED) is 0.591. The van der Waals surface area contributed by atoms with Crippen LogP contribution in [0.2, 0.25) is 0 Å². The molecule has 0 spiro atoms. The molecule has 0 radical (unpaired) electrons. The van der Waals surface area contributed by atoms with E-state index < -0.39 is 0 Å². The first-order chi connectivity index (χ1) is 10.9. The predicted molar refractivity (Wildman–Crippen MR) is 96.2 cm³/mol. The van der Waals surface area contributed by atoms with Gasteiger partial charge in [0.15, 0.2) is 0 Å². The largest absolute Gasteiger partial charge is 0.293 e. The van der Waals surface area contributed by atoms with Crippen molar-refractivity contribution in [3.05, 3.63) is 0 Å². The highest BCUT2D eigenvalue weighted by atomic mass is 14.8. The van der Waals surface area contributed by atoms with Crippen molar-refractivity contribution < 1.29 is 0 Å². The maximum absolute atomic E-state index is 5.03. The van der Waals surface area contributed by atoms with E-state index in [1.807, 2.05) is 0 Å². The summed E-state index contributed by atoms with van der Waals surface area (Å²) in [7, 11) is 0. The van der Waals surface area contributed by atoms with Crippen molar-refractivity contribution in [1.82, 2.24) is 0 Å². The Morgan fingerprint density at radius 1 is 0.545 bits per heavy atom. The van der Waals surface area contributed by atoms with E-state index in [4.69, 9.17) is 9.98 Å². The lowest BCUT2D eigenvalue weighted by Gasteiger charge is -2.31. The molecule has 0 bridgehead atoms. The molecular weight excluding hydrogens is 268 g/mol. The fraction of sp³-hybridized carbons (Fsp3) is 0.900. The van der Waals surface area contributed by atoms with Crippen LogP contribution in [0, 0.1) is 5.41 Å². The standard InChI is InChI=1S/C20H34N2/c1-4-10-18(11-5-1)21-16-20(14-8-3-9-15-20)17-22-19-12-6-2-7-13-19/h16-19H,1-15H2. The molecule has 124 valence electrons. The lowest BCUT2D eigenvalue weighted by atomic mass is 9.75. The van der Waals surface area contributed by atoms with E-state index in [2.05, 4.69) is 12.4 Å².